The lowest BCUT2D eigenvalue weighted by Gasteiger charge is -2.39. The van der Waals surface area contributed by atoms with Crippen LogP contribution in [-0.4, -0.2) is 75.3 Å². The first-order chi connectivity index (χ1) is 18.8. The monoisotopic (exact) mass is 629 g/mol. The van der Waals surface area contributed by atoms with Gasteiger partial charge in [0.15, 0.2) is 0 Å². The van der Waals surface area contributed by atoms with Gasteiger partial charge in [-0.05, 0) is 80.6 Å². The van der Waals surface area contributed by atoms with Gasteiger partial charge in [0, 0.05) is 50.5 Å². The summed E-state index contributed by atoms with van der Waals surface area (Å²) < 4.78 is 31.1. The third kappa shape index (κ3) is 11.5. The number of unbranched alkanes of at least 4 members (excludes halogenated alkanes) is 1. The number of hydrogen-bond donors (Lipinski definition) is 3. The van der Waals surface area contributed by atoms with Crippen LogP contribution in [0.1, 0.15) is 51.0 Å². The molecule has 2 amide bonds. The SMILES string of the molecule is CCCCN(C(=O)N[C@H]1CCCNC1)C1CCN(Cc2ccc(Oc3ccc(NS(C)(=O)=O)cc3)cc2)CC1.Cl.Cl. The molecule has 2 aromatic carbocycles. The zero-order valence-electron chi connectivity index (χ0n) is 24.0. The van der Waals surface area contributed by atoms with E-state index in [9.17, 15) is 13.2 Å². The molecule has 2 saturated heterocycles. The Morgan fingerprint density at radius 1 is 1.02 bits per heavy atom. The van der Waals surface area contributed by atoms with Crippen molar-refractivity contribution < 1.29 is 17.9 Å². The van der Waals surface area contributed by atoms with Crippen molar-refractivity contribution in [2.75, 3.05) is 43.7 Å². The first kappa shape index (κ1) is 35.0. The molecule has 4 rings (SSSR count). The van der Waals surface area contributed by atoms with Crippen molar-refractivity contribution in [2.45, 2.75) is 64.1 Å². The molecule has 2 aliphatic heterocycles. The molecule has 0 aromatic heterocycles. The molecule has 2 aromatic rings. The number of urea groups is 1. The summed E-state index contributed by atoms with van der Waals surface area (Å²) in [6.07, 6.45) is 7.39. The van der Waals surface area contributed by atoms with Gasteiger partial charge in [0.1, 0.15) is 11.5 Å². The number of piperidine rings is 2. The van der Waals surface area contributed by atoms with E-state index in [0.717, 1.165) is 89.8 Å². The molecule has 0 unspecified atom stereocenters. The molecule has 0 radical (unpaired) electrons. The van der Waals surface area contributed by atoms with Gasteiger partial charge in [-0.2, -0.15) is 0 Å². The minimum absolute atomic E-state index is 0. The Bertz CT molecular complexity index is 1150. The van der Waals surface area contributed by atoms with E-state index in [-0.39, 0.29) is 36.9 Å². The Morgan fingerprint density at radius 2 is 1.66 bits per heavy atom. The van der Waals surface area contributed by atoms with Crippen molar-refractivity contribution in [3.8, 4) is 11.5 Å². The number of ether oxygens (including phenoxy) is 1. The maximum atomic E-state index is 13.2. The van der Waals surface area contributed by atoms with E-state index in [1.54, 1.807) is 24.3 Å². The average molecular weight is 631 g/mol. The quantitative estimate of drug-likeness (QED) is 0.315. The predicted octanol–water partition coefficient (Wildman–Crippen LogP) is 5.22. The molecule has 9 nitrogen and oxygen atoms in total. The molecule has 12 heteroatoms. The lowest BCUT2D eigenvalue weighted by molar-refractivity contribution is 0.114. The first-order valence-electron chi connectivity index (χ1n) is 14.1. The highest BCUT2D eigenvalue weighted by molar-refractivity contribution is 7.92. The molecule has 1 atom stereocenters. The Balaban J connectivity index is 0.00000294. The van der Waals surface area contributed by atoms with Crippen molar-refractivity contribution in [1.29, 1.82) is 0 Å². The van der Waals surface area contributed by atoms with Crippen LogP contribution in [0.25, 0.3) is 0 Å². The maximum Gasteiger partial charge on any atom is 0.317 e. The van der Waals surface area contributed by atoms with E-state index in [0.29, 0.717) is 17.5 Å². The second kappa shape index (κ2) is 17.0. The van der Waals surface area contributed by atoms with Crippen molar-refractivity contribution in [3.05, 3.63) is 54.1 Å². The molecule has 2 fully saturated rings. The maximum absolute atomic E-state index is 13.2. The number of hydrogen-bond acceptors (Lipinski definition) is 6. The number of carbonyl (C=O) groups excluding carboxylic acids is 1. The van der Waals surface area contributed by atoms with E-state index in [1.165, 1.54) is 5.56 Å². The summed E-state index contributed by atoms with van der Waals surface area (Å²) in [7, 11) is -3.30. The Hall–Kier alpha value is -2.24. The number of anilines is 1. The third-order valence-electron chi connectivity index (χ3n) is 7.36. The number of benzene rings is 2. The molecule has 2 heterocycles. The smallest absolute Gasteiger partial charge is 0.317 e. The Labute approximate surface area is 257 Å². The summed E-state index contributed by atoms with van der Waals surface area (Å²) in [5, 5.41) is 6.67. The number of halogens is 2. The summed E-state index contributed by atoms with van der Waals surface area (Å²) in [4.78, 5) is 17.7. The van der Waals surface area contributed by atoms with Crippen LogP contribution < -0.4 is 20.1 Å². The van der Waals surface area contributed by atoms with Crippen molar-refractivity contribution in [1.82, 2.24) is 20.4 Å². The summed E-state index contributed by atoms with van der Waals surface area (Å²) in [6, 6.07) is 15.5. The number of nitrogens with zero attached hydrogens (tertiary/aromatic N) is 2. The topological polar surface area (TPSA) is 103 Å². The van der Waals surface area contributed by atoms with Gasteiger partial charge in [-0.25, -0.2) is 13.2 Å². The van der Waals surface area contributed by atoms with E-state index >= 15 is 0 Å². The van der Waals surface area contributed by atoms with Gasteiger partial charge < -0.3 is 20.3 Å². The highest BCUT2D eigenvalue weighted by Crippen LogP contribution is 2.25. The van der Waals surface area contributed by atoms with Gasteiger partial charge in [0.05, 0.1) is 6.26 Å². The fourth-order valence-corrected chi connectivity index (χ4v) is 5.83. The zero-order chi connectivity index (χ0) is 27.7. The standard InChI is InChI=1S/C29H43N5O4S.2ClH/c1-3-4-18-34(29(35)31-25-6-5-17-30-21-25)26-15-19-33(20-16-26)22-23-7-11-27(12-8-23)38-28-13-9-24(10-14-28)32-39(2,36)37;;/h7-14,25-26,30,32H,3-6,15-22H2,1-2H3,(H,31,35);2*1H/t25-;;/m0../s1. The average Bonchev–Trinajstić information content (AvgIpc) is 2.92. The summed E-state index contributed by atoms with van der Waals surface area (Å²) in [6.45, 7) is 7.72. The first-order valence-corrected chi connectivity index (χ1v) is 16.0. The van der Waals surface area contributed by atoms with E-state index in [4.69, 9.17) is 4.74 Å². The third-order valence-corrected chi connectivity index (χ3v) is 7.97. The molecule has 230 valence electrons. The molecule has 0 saturated carbocycles. The molecular formula is C29H45Cl2N5O4S. The highest BCUT2D eigenvalue weighted by Gasteiger charge is 2.29. The van der Waals surface area contributed by atoms with Crippen LogP contribution >= 0.6 is 24.8 Å². The molecule has 0 spiro atoms. The minimum atomic E-state index is -3.30. The number of sulfonamides is 1. The fourth-order valence-electron chi connectivity index (χ4n) is 5.26. The second-order valence-electron chi connectivity index (χ2n) is 10.7. The van der Waals surface area contributed by atoms with Crippen LogP contribution in [0.3, 0.4) is 0 Å². The van der Waals surface area contributed by atoms with Crippen molar-refractivity contribution in [2.24, 2.45) is 0 Å². The molecule has 2 aliphatic rings. The van der Waals surface area contributed by atoms with Crippen LogP contribution in [0.4, 0.5) is 10.5 Å². The van der Waals surface area contributed by atoms with Crippen LogP contribution in [0.2, 0.25) is 0 Å². The molecule has 0 aliphatic carbocycles. The predicted molar refractivity (Wildman–Crippen MR) is 170 cm³/mol. The summed E-state index contributed by atoms with van der Waals surface area (Å²) in [5.74, 6) is 1.37. The second-order valence-corrected chi connectivity index (χ2v) is 12.4. The van der Waals surface area contributed by atoms with E-state index in [2.05, 4.69) is 44.2 Å². The molecule has 3 N–H and O–H groups in total. The van der Waals surface area contributed by atoms with E-state index < -0.39 is 10.0 Å². The highest BCUT2D eigenvalue weighted by atomic mass is 35.5. The molecular weight excluding hydrogens is 585 g/mol. The zero-order valence-corrected chi connectivity index (χ0v) is 26.5. The van der Waals surface area contributed by atoms with Crippen LogP contribution in [0.5, 0.6) is 11.5 Å². The van der Waals surface area contributed by atoms with Crippen molar-refractivity contribution in [3.63, 3.8) is 0 Å². The lowest BCUT2D eigenvalue weighted by Crippen LogP contribution is -2.55. The van der Waals surface area contributed by atoms with E-state index in [1.807, 2.05) is 12.1 Å². The van der Waals surface area contributed by atoms with Gasteiger partial charge in [-0.3, -0.25) is 9.62 Å². The summed E-state index contributed by atoms with van der Waals surface area (Å²) >= 11 is 0. The number of carbonyl (C=O) groups is 1. The largest absolute Gasteiger partial charge is 0.457 e. The van der Waals surface area contributed by atoms with Crippen LogP contribution in [0.15, 0.2) is 48.5 Å². The lowest BCUT2D eigenvalue weighted by atomic mass is 10.0. The van der Waals surface area contributed by atoms with Gasteiger partial charge in [-0.1, -0.05) is 25.5 Å². The summed E-state index contributed by atoms with van der Waals surface area (Å²) in [5.41, 5.74) is 1.72. The molecule has 0 bridgehead atoms. The number of rotatable bonds is 11. The van der Waals surface area contributed by atoms with Crippen LogP contribution in [-0.2, 0) is 16.6 Å². The van der Waals surface area contributed by atoms with Gasteiger partial charge in [0.25, 0.3) is 0 Å². The number of likely N-dealkylation sites (tertiary alicyclic amines) is 1. The minimum Gasteiger partial charge on any atom is -0.457 e. The van der Waals surface area contributed by atoms with Crippen molar-refractivity contribution >= 4 is 46.6 Å². The fraction of sp³-hybridized carbons (Fsp3) is 0.552. The van der Waals surface area contributed by atoms with Crippen LogP contribution in [0, 0.1) is 0 Å². The number of amides is 2. The van der Waals surface area contributed by atoms with Gasteiger partial charge >= 0.3 is 6.03 Å². The Kier molecular flexibility index (Phi) is 14.5. The van der Waals surface area contributed by atoms with Gasteiger partial charge in [-0.15, -0.1) is 24.8 Å². The normalized spacial score (nSPS) is 18.0. The number of nitrogens with one attached hydrogen (secondary N) is 3. The molecule has 41 heavy (non-hydrogen) atoms. The Morgan fingerprint density at radius 3 is 2.22 bits per heavy atom. The van der Waals surface area contributed by atoms with Gasteiger partial charge in [0.2, 0.25) is 10.0 Å².